The van der Waals surface area contributed by atoms with E-state index in [1.54, 1.807) is 0 Å². The number of halogens is 1. The number of nitrogens with zero attached hydrogens (tertiary/aromatic N) is 1. The fourth-order valence-corrected chi connectivity index (χ4v) is 2.78. The van der Waals surface area contributed by atoms with E-state index in [0.29, 0.717) is 5.54 Å². The summed E-state index contributed by atoms with van der Waals surface area (Å²) in [6.07, 6.45) is 5.79. The van der Waals surface area contributed by atoms with Crippen molar-refractivity contribution in [1.82, 2.24) is 3.11 Å². The molecule has 1 spiro atoms. The van der Waals surface area contributed by atoms with Crippen molar-refractivity contribution in [1.29, 1.82) is 0 Å². The van der Waals surface area contributed by atoms with Crippen molar-refractivity contribution in [3.8, 4) is 0 Å². The summed E-state index contributed by atoms with van der Waals surface area (Å²) in [5.74, 6) is 0. The van der Waals surface area contributed by atoms with Gasteiger partial charge in [-0.1, -0.05) is 0 Å². The molecule has 0 aromatic carbocycles. The van der Waals surface area contributed by atoms with Crippen LogP contribution in [0.15, 0.2) is 0 Å². The lowest BCUT2D eigenvalue weighted by atomic mass is 10.2. The molecule has 2 fully saturated rings. The molecule has 1 aliphatic carbocycles. The Kier molecular flexibility index (Phi) is 1.31. The van der Waals surface area contributed by atoms with Crippen LogP contribution in [0, 0.1) is 0 Å². The van der Waals surface area contributed by atoms with Gasteiger partial charge in [0.1, 0.15) is 0 Å². The zero-order chi connectivity index (χ0) is 6.48. The van der Waals surface area contributed by atoms with E-state index in [9.17, 15) is 0 Å². The molecule has 0 aromatic rings. The largest absolute Gasteiger partial charge is 0.239 e. The second-order valence-corrected chi connectivity index (χ2v) is 4.46. The molecule has 1 atom stereocenters. The molecule has 1 aliphatic heterocycles. The molecule has 2 aliphatic rings. The van der Waals surface area contributed by atoms with Gasteiger partial charge in [0.2, 0.25) is 0 Å². The summed E-state index contributed by atoms with van der Waals surface area (Å²) in [6.45, 7) is 2.33. The smallest absolute Gasteiger partial charge is 0.0310 e. The maximum Gasteiger partial charge on any atom is 0.0310 e. The first-order valence-corrected chi connectivity index (χ1v) is 4.66. The first kappa shape index (κ1) is 6.40. The summed E-state index contributed by atoms with van der Waals surface area (Å²) in [6, 6.07) is 0.841. The van der Waals surface area contributed by atoms with Crippen molar-refractivity contribution in [2.75, 3.05) is 0 Å². The summed E-state index contributed by atoms with van der Waals surface area (Å²) in [5.41, 5.74) is 0.694. The van der Waals surface area contributed by atoms with Gasteiger partial charge in [-0.3, -0.25) is 0 Å². The van der Waals surface area contributed by atoms with E-state index in [1.807, 2.05) is 0 Å². The maximum absolute atomic E-state index is 2.55. The second-order valence-electron chi connectivity index (χ2n) is 3.42. The summed E-state index contributed by atoms with van der Waals surface area (Å²) in [7, 11) is 0. The molecule has 9 heavy (non-hydrogen) atoms. The van der Waals surface area contributed by atoms with E-state index in [1.165, 1.54) is 25.7 Å². The predicted molar refractivity (Wildman–Crippen MR) is 46.5 cm³/mol. The Balaban J connectivity index is 2.13. The van der Waals surface area contributed by atoms with Crippen LogP contribution in [0.25, 0.3) is 0 Å². The average Bonchev–Trinajstić information content (AvgIpc) is 2.57. The lowest BCUT2D eigenvalue weighted by Crippen LogP contribution is -2.25. The van der Waals surface area contributed by atoms with Gasteiger partial charge in [-0.05, 0) is 32.6 Å². The van der Waals surface area contributed by atoms with Crippen LogP contribution in [0.1, 0.15) is 32.6 Å². The zero-order valence-corrected chi connectivity index (χ0v) is 7.89. The molecule has 0 N–H and O–H groups in total. The number of rotatable bonds is 0. The molecule has 1 unspecified atom stereocenters. The van der Waals surface area contributed by atoms with Crippen LogP contribution in [0.4, 0.5) is 0 Å². The summed E-state index contributed by atoms with van der Waals surface area (Å²) < 4.78 is 2.55. The van der Waals surface area contributed by atoms with Crippen LogP contribution in [0.2, 0.25) is 0 Å². The highest BCUT2D eigenvalue weighted by Gasteiger charge is 2.52. The molecule has 0 amide bonds. The minimum Gasteiger partial charge on any atom is -0.239 e. The van der Waals surface area contributed by atoms with Gasteiger partial charge in [0.15, 0.2) is 0 Å². The Hall–Kier alpha value is 0.690. The quantitative estimate of drug-likeness (QED) is 0.461. The normalized spacial score (nSPS) is 40.0. The maximum atomic E-state index is 2.55. The minimum atomic E-state index is 0.694. The SMILES string of the molecule is CC1CCC2(CC2)N1I. The third kappa shape index (κ3) is 0.827. The topological polar surface area (TPSA) is 3.24 Å². The Labute approximate surface area is 70.3 Å². The van der Waals surface area contributed by atoms with E-state index < -0.39 is 0 Å². The van der Waals surface area contributed by atoms with Crippen LogP contribution in [-0.2, 0) is 0 Å². The van der Waals surface area contributed by atoms with E-state index in [2.05, 4.69) is 32.9 Å². The van der Waals surface area contributed by atoms with Crippen molar-refractivity contribution in [3.63, 3.8) is 0 Å². The number of hydrogen-bond acceptors (Lipinski definition) is 1. The van der Waals surface area contributed by atoms with E-state index in [-0.39, 0.29) is 0 Å². The molecule has 2 heteroatoms. The van der Waals surface area contributed by atoms with Crippen LogP contribution in [0.3, 0.4) is 0 Å². The van der Waals surface area contributed by atoms with E-state index in [4.69, 9.17) is 0 Å². The van der Waals surface area contributed by atoms with Gasteiger partial charge < -0.3 is 0 Å². The average molecular weight is 237 g/mol. The standard InChI is InChI=1S/C7H12IN/c1-6-2-3-7(4-5-7)9(6)8/h6H,2-5H2,1H3. The molecule has 1 saturated heterocycles. The van der Waals surface area contributed by atoms with Crippen molar-refractivity contribution in [2.24, 2.45) is 0 Å². The van der Waals surface area contributed by atoms with E-state index in [0.717, 1.165) is 6.04 Å². The molecule has 0 radical (unpaired) electrons. The highest BCUT2D eigenvalue weighted by Crippen LogP contribution is 2.53. The Bertz CT molecular complexity index is 131. The van der Waals surface area contributed by atoms with Crippen LogP contribution < -0.4 is 0 Å². The minimum absolute atomic E-state index is 0.694. The highest BCUT2D eigenvalue weighted by atomic mass is 127. The van der Waals surface area contributed by atoms with Gasteiger partial charge in [-0.2, -0.15) is 0 Å². The third-order valence-electron chi connectivity index (χ3n) is 2.69. The van der Waals surface area contributed by atoms with Crippen LogP contribution in [-0.4, -0.2) is 14.7 Å². The van der Waals surface area contributed by atoms with Crippen molar-refractivity contribution in [2.45, 2.75) is 44.2 Å². The molecule has 0 aromatic heterocycles. The molecule has 1 saturated carbocycles. The first-order chi connectivity index (χ1) is 4.25. The fraction of sp³-hybridized carbons (Fsp3) is 1.00. The molecule has 52 valence electrons. The van der Waals surface area contributed by atoms with Crippen LogP contribution >= 0.6 is 22.9 Å². The summed E-state index contributed by atoms with van der Waals surface area (Å²) >= 11 is 2.50. The van der Waals surface area contributed by atoms with Gasteiger partial charge in [0, 0.05) is 34.4 Å². The van der Waals surface area contributed by atoms with Gasteiger partial charge in [-0.25, -0.2) is 3.11 Å². The van der Waals surface area contributed by atoms with Crippen LogP contribution in [0.5, 0.6) is 0 Å². The highest BCUT2D eigenvalue weighted by molar-refractivity contribution is 14.1. The predicted octanol–water partition coefficient (Wildman–Crippen LogP) is 2.35. The lowest BCUT2D eigenvalue weighted by molar-refractivity contribution is 0.391. The molecule has 1 heterocycles. The lowest BCUT2D eigenvalue weighted by Gasteiger charge is -2.19. The number of hydrogen-bond donors (Lipinski definition) is 0. The zero-order valence-electron chi connectivity index (χ0n) is 5.73. The second kappa shape index (κ2) is 1.84. The first-order valence-electron chi connectivity index (χ1n) is 3.70. The van der Waals surface area contributed by atoms with Gasteiger partial charge in [0.05, 0.1) is 0 Å². The molecule has 1 nitrogen and oxygen atoms in total. The van der Waals surface area contributed by atoms with Gasteiger partial charge in [-0.15, -0.1) is 0 Å². The fourth-order valence-electron chi connectivity index (χ4n) is 1.77. The summed E-state index contributed by atoms with van der Waals surface area (Å²) in [5, 5.41) is 0. The monoisotopic (exact) mass is 237 g/mol. The molecular formula is C7H12IN. The van der Waals surface area contributed by atoms with Gasteiger partial charge >= 0.3 is 0 Å². The van der Waals surface area contributed by atoms with Gasteiger partial charge in [0.25, 0.3) is 0 Å². The Morgan fingerprint density at radius 2 is 2.11 bits per heavy atom. The van der Waals surface area contributed by atoms with Crippen molar-refractivity contribution in [3.05, 3.63) is 0 Å². The molecule has 0 bridgehead atoms. The third-order valence-corrected chi connectivity index (χ3v) is 4.67. The molecular weight excluding hydrogens is 225 g/mol. The van der Waals surface area contributed by atoms with Crippen molar-refractivity contribution < 1.29 is 0 Å². The molecule has 2 rings (SSSR count). The summed E-state index contributed by atoms with van der Waals surface area (Å²) in [4.78, 5) is 0. The van der Waals surface area contributed by atoms with E-state index >= 15 is 0 Å². The Morgan fingerprint density at radius 3 is 2.33 bits per heavy atom. The van der Waals surface area contributed by atoms with Crippen molar-refractivity contribution >= 4 is 22.9 Å². The Morgan fingerprint density at radius 1 is 1.44 bits per heavy atom.